The number of ether oxygens (including phenoxy) is 3. The lowest BCUT2D eigenvalue weighted by Crippen LogP contribution is -2.49. The fraction of sp³-hybridized carbons (Fsp3) is 0.516. The van der Waals surface area contributed by atoms with E-state index >= 15 is 0 Å². The molecule has 8 nitrogen and oxygen atoms in total. The molecule has 0 saturated heterocycles. The van der Waals surface area contributed by atoms with Crippen molar-refractivity contribution in [3.63, 3.8) is 0 Å². The molecule has 0 aromatic heterocycles. The zero-order valence-electron chi connectivity index (χ0n) is 24.0. The maximum absolute atomic E-state index is 13.0. The normalized spacial score (nSPS) is 11.8. The van der Waals surface area contributed by atoms with Gasteiger partial charge >= 0.3 is 12.1 Å². The zero-order chi connectivity index (χ0) is 28.7. The number of alkyl carbamates (subject to hydrolysis) is 1. The zero-order valence-corrected chi connectivity index (χ0v) is 24.0. The summed E-state index contributed by atoms with van der Waals surface area (Å²) in [5.74, 6) is 0.0544. The van der Waals surface area contributed by atoms with Crippen LogP contribution in [0.5, 0.6) is 5.75 Å². The number of methoxy groups -OCH3 is 1. The monoisotopic (exact) mass is 540 g/mol. The topological polar surface area (TPSA) is 103 Å². The van der Waals surface area contributed by atoms with E-state index in [4.69, 9.17) is 14.2 Å². The molecule has 2 amide bonds. The molecule has 0 radical (unpaired) electrons. The first-order valence-electron chi connectivity index (χ1n) is 13.8. The van der Waals surface area contributed by atoms with Crippen LogP contribution < -0.4 is 15.4 Å². The number of nitrogens with one attached hydrogen (secondary N) is 2. The van der Waals surface area contributed by atoms with Crippen LogP contribution in [-0.2, 0) is 27.3 Å². The van der Waals surface area contributed by atoms with Gasteiger partial charge in [0.2, 0.25) is 5.91 Å². The van der Waals surface area contributed by atoms with Gasteiger partial charge in [-0.25, -0.2) is 9.59 Å². The summed E-state index contributed by atoms with van der Waals surface area (Å²) in [6, 6.07) is 13.7. The van der Waals surface area contributed by atoms with Crippen LogP contribution in [0.25, 0.3) is 0 Å². The van der Waals surface area contributed by atoms with Crippen molar-refractivity contribution < 1.29 is 28.6 Å². The molecule has 0 fully saturated rings. The summed E-state index contributed by atoms with van der Waals surface area (Å²) in [6.45, 7) is 8.45. The third-order valence-electron chi connectivity index (χ3n) is 5.98. The minimum Gasteiger partial charge on any atom is -0.489 e. The number of carbonyl (C=O) groups is 3. The Kier molecular flexibility index (Phi) is 13.3. The van der Waals surface area contributed by atoms with Crippen LogP contribution in [0.3, 0.4) is 0 Å². The third kappa shape index (κ3) is 12.7. The lowest BCUT2D eigenvalue weighted by Gasteiger charge is -2.23. The second-order valence-corrected chi connectivity index (χ2v) is 10.6. The van der Waals surface area contributed by atoms with E-state index < -0.39 is 17.7 Å². The van der Waals surface area contributed by atoms with Gasteiger partial charge in [-0.1, -0.05) is 63.3 Å². The van der Waals surface area contributed by atoms with Gasteiger partial charge in [-0.3, -0.25) is 4.79 Å². The Morgan fingerprint density at radius 1 is 0.846 bits per heavy atom. The average Bonchev–Trinajstić information content (AvgIpc) is 2.90. The first-order chi connectivity index (χ1) is 18.6. The molecular formula is C31H44N2O6. The van der Waals surface area contributed by atoms with Crippen molar-refractivity contribution in [3.8, 4) is 5.75 Å². The summed E-state index contributed by atoms with van der Waals surface area (Å²) in [7, 11) is 1.35. The standard InChI is InChI=1S/C31H44N2O6/c1-6-7-8-9-10-11-20-32-28(34)27(33-30(36)39-31(2,3)4)21-23-14-18-26(19-15-23)38-22-24-12-16-25(17-13-24)29(35)37-5/h12-19,27H,6-11,20-22H2,1-5H3,(H,32,34)(H,33,36)/t27-/m0/s1. The largest absolute Gasteiger partial charge is 0.489 e. The van der Waals surface area contributed by atoms with E-state index in [2.05, 4.69) is 17.6 Å². The van der Waals surface area contributed by atoms with Gasteiger partial charge in [0, 0.05) is 13.0 Å². The molecule has 8 heteroatoms. The van der Waals surface area contributed by atoms with Crippen LogP contribution in [0, 0.1) is 0 Å². The van der Waals surface area contributed by atoms with Crippen LogP contribution in [0.4, 0.5) is 4.79 Å². The van der Waals surface area contributed by atoms with Crippen LogP contribution >= 0.6 is 0 Å². The highest BCUT2D eigenvalue weighted by atomic mass is 16.6. The minimum atomic E-state index is -0.764. The van der Waals surface area contributed by atoms with Crippen LogP contribution in [-0.4, -0.2) is 43.3 Å². The van der Waals surface area contributed by atoms with Gasteiger partial charge in [0.25, 0.3) is 0 Å². The van der Waals surface area contributed by atoms with Crippen molar-refractivity contribution in [1.82, 2.24) is 10.6 Å². The molecule has 214 valence electrons. The van der Waals surface area contributed by atoms with Crippen molar-refractivity contribution in [2.24, 2.45) is 0 Å². The van der Waals surface area contributed by atoms with E-state index in [1.807, 2.05) is 36.4 Å². The Morgan fingerprint density at radius 2 is 1.46 bits per heavy atom. The number of hydrogen-bond donors (Lipinski definition) is 2. The lowest BCUT2D eigenvalue weighted by molar-refractivity contribution is -0.123. The maximum Gasteiger partial charge on any atom is 0.408 e. The van der Waals surface area contributed by atoms with Crippen molar-refractivity contribution in [2.75, 3.05) is 13.7 Å². The van der Waals surface area contributed by atoms with Gasteiger partial charge < -0.3 is 24.8 Å². The fourth-order valence-electron chi connectivity index (χ4n) is 3.88. The molecule has 0 saturated carbocycles. The quantitative estimate of drug-likeness (QED) is 0.213. The van der Waals surface area contributed by atoms with Crippen LogP contribution in [0.2, 0.25) is 0 Å². The highest BCUT2D eigenvalue weighted by Gasteiger charge is 2.24. The first kappa shape index (κ1) is 31.7. The van der Waals surface area contributed by atoms with Gasteiger partial charge in [0.05, 0.1) is 12.7 Å². The first-order valence-corrected chi connectivity index (χ1v) is 13.8. The predicted octanol–water partition coefficient (Wildman–Crippen LogP) is 5.96. The molecule has 2 N–H and O–H groups in total. The van der Waals surface area contributed by atoms with E-state index in [1.165, 1.54) is 26.4 Å². The van der Waals surface area contributed by atoms with Crippen molar-refractivity contribution in [2.45, 2.75) is 90.9 Å². The van der Waals surface area contributed by atoms with E-state index in [-0.39, 0.29) is 11.9 Å². The SMILES string of the molecule is CCCCCCCCNC(=O)[C@H](Cc1ccc(OCc2ccc(C(=O)OC)cc2)cc1)NC(=O)OC(C)(C)C. The minimum absolute atomic E-state index is 0.231. The molecule has 0 bridgehead atoms. The molecule has 0 aliphatic carbocycles. The molecular weight excluding hydrogens is 496 g/mol. The third-order valence-corrected chi connectivity index (χ3v) is 5.98. The smallest absolute Gasteiger partial charge is 0.408 e. The summed E-state index contributed by atoms with van der Waals surface area (Å²) in [5.41, 5.74) is 1.61. The Morgan fingerprint density at radius 3 is 2.08 bits per heavy atom. The van der Waals surface area contributed by atoms with Crippen LogP contribution in [0.15, 0.2) is 48.5 Å². The highest BCUT2D eigenvalue weighted by Crippen LogP contribution is 2.17. The summed E-state index contributed by atoms with van der Waals surface area (Å²) in [6.07, 6.45) is 6.49. The Hall–Kier alpha value is -3.55. The molecule has 0 aliphatic rings. The average molecular weight is 541 g/mol. The number of esters is 1. The molecule has 39 heavy (non-hydrogen) atoms. The molecule has 2 aromatic rings. The van der Waals surface area contributed by atoms with Gasteiger partial charge in [-0.05, 0) is 62.6 Å². The summed E-state index contributed by atoms with van der Waals surface area (Å²) < 4.78 is 16.0. The van der Waals surface area contributed by atoms with Crippen molar-refractivity contribution >= 4 is 18.0 Å². The molecule has 0 heterocycles. The Bertz CT molecular complexity index is 1030. The number of benzene rings is 2. The Balaban J connectivity index is 1.94. The summed E-state index contributed by atoms with van der Waals surface area (Å²) in [4.78, 5) is 37.0. The van der Waals surface area contributed by atoms with E-state index in [0.29, 0.717) is 30.9 Å². The van der Waals surface area contributed by atoms with Crippen LogP contribution in [0.1, 0.15) is 87.7 Å². The Labute approximate surface area is 232 Å². The number of amides is 2. The number of rotatable bonds is 15. The maximum atomic E-state index is 13.0. The highest BCUT2D eigenvalue weighted by molar-refractivity contribution is 5.89. The van der Waals surface area contributed by atoms with Gasteiger partial charge in [0.1, 0.15) is 24.0 Å². The van der Waals surface area contributed by atoms with E-state index in [9.17, 15) is 14.4 Å². The van der Waals surface area contributed by atoms with E-state index in [1.54, 1.807) is 32.9 Å². The van der Waals surface area contributed by atoms with Gasteiger partial charge in [0.15, 0.2) is 0 Å². The molecule has 2 rings (SSSR count). The molecule has 1 atom stereocenters. The lowest BCUT2D eigenvalue weighted by atomic mass is 10.0. The molecule has 0 unspecified atom stereocenters. The number of carbonyl (C=O) groups excluding carboxylic acids is 3. The van der Waals surface area contributed by atoms with Crippen molar-refractivity contribution in [1.29, 1.82) is 0 Å². The molecule has 0 spiro atoms. The number of hydrogen-bond acceptors (Lipinski definition) is 6. The molecule has 2 aromatic carbocycles. The van der Waals surface area contributed by atoms with Gasteiger partial charge in [-0.15, -0.1) is 0 Å². The fourth-order valence-corrected chi connectivity index (χ4v) is 3.88. The second-order valence-electron chi connectivity index (χ2n) is 10.6. The van der Waals surface area contributed by atoms with E-state index in [0.717, 1.165) is 30.4 Å². The summed E-state index contributed by atoms with van der Waals surface area (Å²) >= 11 is 0. The number of unbranched alkanes of at least 4 members (excludes halogenated alkanes) is 5. The molecule has 0 aliphatic heterocycles. The summed E-state index contributed by atoms with van der Waals surface area (Å²) in [5, 5.41) is 5.69. The predicted molar refractivity (Wildman–Crippen MR) is 152 cm³/mol. The van der Waals surface area contributed by atoms with Crippen molar-refractivity contribution in [3.05, 3.63) is 65.2 Å². The van der Waals surface area contributed by atoms with Gasteiger partial charge in [-0.2, -0.15) is 0 Å². The second kappa shape index (κ2) is 16.4.